The average molecular weight is 294 g/mol. The van der Waals surface area contributed by atoms with E-state index in [4.69, 9.17) is 5.73 Å². The topological polar surface area (TPSA) is 83.8 Å². The van der Waals surface area contributed by atoms with E-state index in [-0.39, 0.29) is 11.5 Å². The average Bonchev–Trinajstić information content (AvgIpc) is 2.89. The maximum absolute atomic E-state index is 11.8. The number of nitrogens with two attached hydrogens (primary N) is 1. The summed E-state index contributed by atoms with van der Waals surface area (Å²) in [6.07, 6.45) is 2.09. The fourth-order valence-electron chi connectivity index (χ4n) is 2.05. The third kappa shape index (κ3) is 2.76. The molecule has 1 unspecified atom stereocenters. The standard InChI is InChI=1S/C12H14N4OS2/c13-12-15-10-9(11(17)16-12)19-8(6-14-10)4-3-7-2-1-5-18-7/h1-2,5,8H,3-4,6H2,(H4,13,14,15,16,17). The van der Waals surface area contributed by atoms with Gasteiger partial charge < -0.3 is 11.1 Å². The molecule has 2 aromatic rings. The van der Waals surface area contributed by atoms with E-state index in [9.17, 15) is 4.79 Å². The van der Waals surface area contributed by atoms with E-state index >= 15 is 0 Å². The van der Waals surface area contributed by atoms with Crippen LogP contribution in [0.15, 0.2) is 27.2 Å². The number of nitrogens with zero attached hydrogens (tertiary/aromatic N) is 1. The Labute approximate surface area is 118 Å². The third-order valence-electron chi connectivity index (χ3n) is 2.97. The zero-order valence-electron chi connectivity index (χ0n) is 10.2. The van der Waals surface area contributed by atoms with Crippen LogP contribution in [0.1, 0.15) is 11.3 Å². The van der Waals surface area contributed by atoms with Crippen LogP contribution >= 0.6 is 23.1 Å². The smallest absolute Gasteiger partial charge is 0.268 e. The molecule has 0 aromatic carbocycles. The van der Waals surface area contributed by atoms with Crippen LogP contribution in [0.25, 0.3) is 0 Å². The van der Waals surface area contributed by atoms with Gasteiger partial charge in [-0.05, 0) is 24.3 Å². The molecule has 100 valence electrons. The molecular weight excluding hydrogens is 280 g/mol. The Kier molecular flexibility index (Phi) is 3.48. The normalized spacial score (nSPS) is 17.8. The summed E-state index contributed by atoms with van der Waals surface area (Å²) in [5, 5.41) is 5.68. The molecule has 7 heteroatoms. The van der Waals surface area contributed by atoms with Crippen LogP contribution in [0.2, 0.25) is 0 Å². The number of nitrogen functional groups attached to an aromatic ring is 1. The van der Waals surface area contributed by atoms with Crippen LogP contribution < -0.4 is 16.6 Å². The molecule has 0 radical (unpaired) electrons. The third-order valence-corrected chi connectivity index (χ3v) is 5.26. The lowest BCUT2D eigenvalue weighted by Gasteiger charge is -2.23. The van der Waals surface area contributed by atoms with E-state index in [1.165, 1.54) is 4.88 Å². The molecule has 0 saturated carbocycles. The van der Waals surface area contributed by atoms with Crippen molar-refractivity contribution in [2.45, 2.75) is 23.0 Å². The van der Waals surface area contributed by atoms with Crippen LogP contribution in [0.3, 0.4) is 0 Å². The molecule has 0 spiro atoms. The van der Waals surface area contributed by atoms with Crippen LogP contribution in [-0.4, -0.2) is 21.8 Å². The predicted molar refractivity (Wildman–Crippen MR) is 80.0 cm³/mol. The fraction of sp³-hybridized carbons (Fsp3) is 0.333. The van der Waals surface area contributed by atoms with Gasteiger partial charge in [-0.25, -0.2) is 0 Å². The summed E-state index contributed by atoms with van der Waals surface area (Å²) in [4.78, 5) is 20.5. The molecule has 1 atom stereocenters. The predicted octanol–water partition coefficient (Wildman–Crippen LogP) is 1.93. The Morgan fingerprint density at radius 1 is 1.53 bits per heavy atom. The summed E-state index contributed by atoms with van der Waals surface area (Å²) < 4.78 is 0. The van der Waals surface area contributed by atoms with Gasteiger partial charge in [-0.2, -0.15) is 4.98 Å². The second kappa shape index (κ2) is 5.26. The molecule has 1 aliphatic heterocycles. The fourth-order valence-corrected chi connectivity index (χ4v) is 3.89. The quantitative estimate of drug-likeness (QED) is 0.805. The van der Waals surface area contributed by atoms with Gasteiger partial charge in [-0.1, -0.05) is 6.07 Å². The number of fused-ring (bicyclic) bond motifs is 1. The maximum atomic E-state index is 11.8. The number of nitrogens with one attached hydrogen (secondary N) is 2. The first-order valence-corrected chi connectivity index (χ1v) is 7.81. The van der Waals surface area contributed by atoms with E-state index in [0.29, 0.717) is 16.0 Å². The first-order valence-electron chi connectivity index (χ1n) is 6.05. The van der Waals surface area contributed by atoms with Gasteiger partial charge in [0.1, 0.15) is 10.7 Å². The van der Waals surface area contributed by atoms with Crippen molar-refractivity contribution in [3.05, 3.63) is 32.7 Å². The Bertz CT molecular complexity index is 623. The van der Waals surface area contributed by atoms with Crippen molar-refractivity contribution in [2.24, 2.45) is 0 Å². The number of thiophene rings is 1. The van der Waals surface area contributed by atoms with Gasteiger partial charge >= 0.3 is 0 Å². The zero-order valence-corrected chi connectivity index (χ0v) is 11.8. The van der Waals surface area contributed by atoms with Crippen molar-refractivity contribution in [3.63, 3.8) is 0 Å². The number of hydrogen-bond donors (Lipinski definition) is 3. The van der Waals surface area contributed by atoms with Crippen molar-refractivity contribution < 1.29 is 0 Å². The van der Waals surface area contributed by atoms with Gasteiger partial charge in [-0.3, -0.25) is 9.78 Å². The minimum Gasteiger partial charge on any atom is -0.369 e. The molecule has 19 heavy (non-hydrogen) atoms. The lowest BCUT2D eigenvalue weighted by atomic mass is 10.2. The van der Waals surface area contributed by atoms with Gasteiger partial charge in [0.25, 0.3) is 5.56 Å². The molecule has 3 rings (SSSR count). The summed E-state index contributed by atoms with van der Waals surface area (Å²) in [6, 6.07) is 4.22. The molecule has 0 fully saturated rings. The number of aryl methyl sites for hydroxylation is 1. The van der Waals surface area contributed by atoms with Gasteiger partial charge in [0, 0.05) is 16.7 Å². The van der Waals surface area contributed by atoms with Gasteiger partial charge in [0.05, 0.1) is 0 Å². The highest BCUT2D eigenvalue weighted by molar-refractivity contribution is 8.00. The summed E-state index contributed by atoms with van der Waals surface area (Å²) in [5.41, 5.74) is 5.37. The minimum absolute atomic E-state index is 0.152. The number of thioether (sulfide) groups is 1. The van der Waals surface area contributed by atoms with Crippen molar-refractivity contribution in [2.75, 3.05) is 17.6 Å². The Balaban J connectivity index is 1.70. The maximum Gasteiger partial charge on any atom is 0.268 e. The number of H-pyrrole nitrogens is 1. The number of anilines is 2. The van der Waals surface area contributed by atoms with Crippen molar-refractivity contribution >= 4 is 34.9 Å². The molecular formula is C12H14N4OS2. The lowest BCUT2D eigenvalue weighted by molar-refractivity contribution is 0.772. The highest BCUT2D eigenvalue weighted by Gasteiger charge is 2.23. The second-order valence-electron chi connectivity index (χ2n) is 4.37. The molecule has 3 heterocycles. The lowest BCUT2D eigenvalue weighted by Crippen LogP contribution is -2.28. The van der Waals surface area contributed by atoms with Gasteiger partial charge in [0.15, 0.2) is 0 Å². The van der Waals surface area contributed by atoms with E-state index < -0.39 is 0 Å². The Morgan fingerprint density at radius 2 is 2.42 bits per heavy atom. The monoisotopic (exact) mass is 294 g/mol. The van der Waals surface area contributed by atoms with Gasteiger partial charge in [-0.15, -0.1) is 23.1 Å². The molecule has 0 aliphatic carbocycles. The van der Waals surface area contributed by atoms with E-state index in [2.05, 4.69) is 32.8 Å². The first kappa shape index (κ1) is 12.6. The summed E-state index contributed by atoms with van der Waals surface area (Å²) >= 11 is 3.37. The van der Waals surface area contributed by atoms with Crippen molar-refractivity contribution in [1.82, 2.24) is 9.97 Å². The molecule has 0 amide bonds. The van der Waals surface area contributed by atoms with Crippen LogP contribution in [0.5, 0.6) is 0 Å². The number of hydrogen-bond acceptors (Lipinski definition) is 6. The SMILES string of the molecule is Nc1nc2c(c(=O)[nH]1)SC(CCc1cccs1)CN2. The highest BCUT2D eigenvalue weighted by atomic mass is 32.2. The van der Waals surface area contributed by atoms with Gasteiger partial charge in [0.2, 0.25) is 5.95 Å². The molecule has 5 nitrogen and oxygen atoms in total. The summed E-state index contributed by atoms with van der Waals surface area (Å²) in [6.45, 7) is 0.818. The van der Waals surface area contributed by atoms with Crippen LogP contribution in [-0.2, 0) is 6.42 Å². The molecule has 0 saturated heterocycles. The molecule has 4 N–H and O–H groups in total. The number of aromatic nitrogens is 2. The molecule has 0 bridgehead atoms. The number of aromatic amines is 1. The van der Waals surface area contributed by atoms with E-state index in [0.717, 1.165) is 19.4 Å². The Hall–Kier alpha value is -1.47. The minimum atomic E-state index is -0.152. The first-order chi connectivity index (χ1) is 9.22. The van der Waals surface area contributed by atoms with Crippen LogP contribution in [0, 0.1) is 0 Å². The van der Waals surface area contributed by atoms with E-state index in [1.54, 1.807) is 23.1 Å². The number of rotatable bonds is 3. The Morgan fingerprint density at radius 3 is 3.21 bits per heavy atom. The van der Waals surface area contributed by atoms with Crippen molar-refractivity contribution in [1.29, 1.82) is 0 Å². The summed E-state index contributed by atoms with van der Waals surface area (Å²) in [7, 11) is 0. The largest absolute Gasteiger partial charge is 0.369 e. The molecule has 1 aliphatic rings. The highest BCUT2D eigenvalue weighted by Crippen LogP contribution is 2.33. The zero-order chi connectivity index (χ0) is 13.2. The summed E-state index contributed by atoms with van der Waals surface area (Å²) in [5.74, 6) is 0.771. The molecule has 2 aromatic heterocycles. The van der Waals surface area contributed by atoms with E-state index in [1.807, 2.05) is 0 Å². The van der Waals surface area contributed by atoms with Crippen molar-refractivity contribution in [3.8, 4) is 0 Å². The van der Waals surface area contributed by atoms with Crippen LogP contribution in [0.4, 0.5) is 11.8 Å². The second-order valence-corrected chi connectivity index (χ2v) is 6.71.